The summed E-state index contributed by atoms with van der Waals surface area (Å²) >= 11 is 0. The fourth-order valence-electron chi connectivity index (χ4n) is 2.53. The highest BCUT2D eigenvalue weighted by atomic mass is 16.2. The van der Waals surface area contributed by atoms with Crippen molar-refractivity contribution in [1.82, 2.24) is 24.4 Å². The van der Waals surface area contributed by atoms with Gasteiger partial charge in [0.25, 0.3) is 5.56 Å². The van der Waals surface area contributed by atoms with Gasteiger partial charge in [0.05, 0.1) is 0 Å². The third-order valence-electron chi connectivity index (χ3n) is 3.77. The molecule has 0 aliphatic heterocycles. The number of aromatic nitrogens is 4. The molecule has 0 aliphatic rings. The van der Waals surface area contributed by atoms with Crippen molar-refractivity contribution < 1.29 is 4.79 Å². The Morgan fingerprint density at radius 3 is 2.60 bits per heavy atom. The average Bonchev–Trinajstić information content (AvgIpc) is 3.02. The molecule has 2 N–H and O–H groups in total. The maximum Gasteiger partial charge on any atom is 0.328 e. The van der Waals surface area contributed by atoms with Crippen molar-refractivity contribution in [3.05, 3.63) is 87.2 Å². The zero-order valence-electron chi connectivity index (χ0n) is 13.5. The smallest absolute Gasteiger partial charge is 0.328 e. The van der Waals surface area contributed by atoms with E-state index in [1.54, 1.807) is 12.4 Å². The molecule has 3 aromatic rings. The lowest BCUT2D eigenvalue weighted by atomic mass is 10.1. The molecule has 0 aliphatic carbocycles. The molecule has 0 radical (unpaired) electrons. The molecule has 0 fully saturated rings. The van der Waals surface area contributed by atoms with Crippen molar-refractivity contribution in [2.45, 2.75) is 12.6 Å². The number of aryl methyl sites for hydroxylation is 1. The molecule has 1 amide bonds. The Hall–Kier alpha value is -3.42. The van der Waals surface area contributed by atoms with Gasteiger partial charge in [-0.2, -0.15) is 0 Å². The van der Waals surface area contributed by atoms with Gasteiger partial charge in [-0.1, -0.05) is 30.3 Å². The third kappa shape index (κ3) is 3.74. The number of benzene rings is 1. The van der Waals surface area contributed by atoms with Gasteiger partial charge in [0.15, 0.2) is 0 Å². The highest BCUT2D eigenvalue weighted by molar-refractivity contribution is 5.76. The molecule has 8 nitrogen and oxygen atoms in total. The van der Waals surface area contributed by atoms with Gasteiger partial charge in [-0.25, -0.2) is 9.78 Å². The molecule has 2 aromatic heterocycles. The number of carbonyl (C=O) groups is 1. The first-order valence-corrected chi connectivity index (χ1v) is 7.66. The van der Waals surface area contributed by atoms with Crippen LogP contribution in [-0.4, -0.2) is 25.0 Å². The molecule has 0 saturated carbocycles. The minimum atomic E-state index is -0.629. The third-order valence-corrected chi connectivity index (χ3v) is 3.77. The van der Waals surface area contributed by atoms with Crippen LogP contribution in [0.15, 0.2) is 64.6 Å². The maximum absolute atomic E-state index is 12.4. The van der Waals surface area contributed by atoms with Gasteiger partial charge in [-0.15, -0.1) is 0 Å². The minimum Gasteiger partial charge on any atom is -0.341 e. The standard InChI is InChI=1S/C17H17N5O3/c1-21-10-8-18-16(21)15(12-5-3-2-4-6-12)19-14(24)11-22-9-7-13(23)20-17(22)25/h2-10,15H,11H2,1H3,(H,19,24)(H,20,23,25)/t15-/m1/s1. The molecule has 0 saturated heterocycles. The number of rotatable bonds is 5. The molecule has 0 bridgehead atoms. The van der Waals surface area contributed by atoms with Gasteiger partial charge in [0.1, 0.15) is 18.4 Å². The molecule has 1 aromatic carbocycles. The van der Waals surface area contributed by atoms with E-state index in [0.717, 1.165) is 10.1 Å². The number of amides is 1. The van der Waals surface area contributed by atoms with Crippen molar-refractivity contribution in [3.63, 3.8) is 0 Å². The van der Waals surface area contributed by atoms with Crippen LogP contribution in [-0.2, 0) is 18.4 Å². The zero-order valence-corrected chi connectivity index (χ0v) is 13.5. The van der Waals surface area contributed by atoms with Crippen LogP contribution in [0.25, 0.3) is 0 Å². The second kappa shape index (κ2) is 7.00. The Balaban J connectivity index is 1.85. The summed E-state index contributed by atoms with van der Waals surface area (Å²) < 4.78 is 2.96. The molecule has 2 heterocycles. The Kier molecular flexibility index (Phi) is 4.60. The molecule has 0 unspecified atom stereocenters. The number of imidazole rings is 1. The van der Waals surface area contributed by atoms with Crippen LogP contribution >= 0.6 is 0 Å². The first-order valence-electron chi connectivity index (χ1n) is 7.66. The quantitative estimate of drug-likeness (QED) is 0.692. The van der Waals surface area contributed by atoms with Crippen LogP contribution < -0.4 is 16.6 Å². The summed E-state index contributed by atoms with van der Waals surface area (Å²) in [7, 11) is 1.84. The molecule has 8 heteroatoms. The summed E-state index contributed by atoms with van der Waals surface area (Å²) in [5.41, 5.74) is -0.258. The number of H-pyrrole nitrogens is 1. The lowest BCUT2D eigenvalue weighted by molar-refractivity contribution is -0.122. The number of aromatic amines is 1. The van der Waals surface area contributed by atoms with Gasteiger partial charge in [-0.05, 0) is 5.56 Å². The largest absolute Gasteiger partial charge is 0.341 e. The van der Waals surface area contributed by atoms with Crippen molar-refractivity contribution in [2.24, 2.45) is 7.05 Å². The van der Waals surface area contributed by atoms with E-state index in [2.05, 4.69) is 15.3 Å². The molecule has 1 atom stereocenters. The van der Waals surface area contributed by atoms with Crippen LogP contribution in [0.3, 0.4) is 0 Å². The Morgan fingerprint density at radius 2 is 1.96 bits per heavy atom. The summed E-state index contributed by atoms with van der Waals surface area (Å²) in [6.45, 7) is -0.205. The van der Waals surface area contributed by atoms with Crippen LogP contribution in [0.1, 0.15) is 17.4 Å². The first kappa shape index (κ1) is 16.4. The Labute approximate surface area is 142 Å². The average molecular weight is 339 g/mol. The van der Waals surface area contributed by atoms with E-state index in [1.807, 2.05) is 41.9 Å². The molecule has 0 spiro atoms. The van der Waals surface area contributed by atoms with Crippen molar-refractivity contribution in [1.29, 1.82) is 0 Å². The van der Waals surface area contributed by atoms with Crippen molar-refractivity contribution in [2.75, 3.05) is 0 Å². The summed E-state index contributed by atoms with van der Waals surface area (Å²) in [6.07, 6.45) is 4.74. The van der Waals surface area contributed by atoms with E-state index in [9.17, 15) is 14.4 Å². The van der Waals surface area contributed by atoms with E-state index in [0.29, 0.717) is 5.82 Å². The number of hydrogen-bond donors (Lipinski definition) is 2. The predicted molar refractivity (Wildman–Crippen MR) is 91.0 cm³/mol. The number of carbonyl (C=O) groups excluding carboxylic acids is 1. The normalized spacial score (nSPS) is 11.9. The van der Waals surface area contributed by atoms with E-state index in [1.165, 1.54) is 12.3 Å². The SMILES string of the molecule is Cn1ccnc1[C@H](NC(=O)Cn1ccc(=O)[nH]c1=O)c1ccccc1. The molecule has 128 valence electrons. The van der Waals surface area contributed by atoms with E-state index < -0.39 is 17.3 Å². The van der Waals surface area contributed by atoms with E-state index in [-0.39, 0.29) is 12.5 Å². The summed E-state index contributed by atoms with van der Waals surface area (Å²) in [5.74, 6) is 0.305. The topological polar surface area (TPSA) is 102 Å². The van der Waals surface area contributed by atoms with Crippen LogP contribution in [0.4, 0.5) is 0 Å². The van der Waals surface area contributed by atoms with Gasteiger partial charge in [0, 0.05) is 31.7 Å². The minimum absolute atomic E-state index is 0.205. The summed E-state index contributed by atoms with van der Waals surface area (Å²) in [4.78, 5) is 41.7. The molecular weight excluding hydrogens is 322 g/mol. The number of nitrogens with one attached hydrogen (secondary N) is 2. The highest BCUT2D eigenvalue weighted by Crippen LogP contribution is 2.19. The lowest BCUT2D eigenvalue weighted by Crippen LogP contribution is -2.37. The maximum atomic E-state index is 12.4. The van der Waals surface area contributed by atoms with Gasteiger partial charge in [-0.3, -0.25) is 19.1 Å². The molecule has 3 rings (SSSR count). The predicted octanol–water partition coefficient (Wildman–Crippen LogP) is 0.176. The monoisotopic (exact) mass is 339 g/mol. The number of hydrogen-bond acceptors (Lipinski definition) is 4. The van der Waals surface area contributed by atoms with Crippen molar-refractivity contribution in [3.8, 4) is 0 Å². The second-order valence-corrected chi connectivity index (χ2v) is 5.55. The Bertz CT molecular complexity index is 987. The van der Waals surface area contributed by atoms with Gasteiger partial charge in [0.2, 0.25) is 5.91 Å². The van der Waals surface area contributed by atoms with Crippen LogP contribution in [0.2, 0.25) is 0 Å². The van der Waals surface area contributed by atoms with E-state index in [4.69, 9.17) is 0 Å². The lowest BCUT2D eigenvalue weighted by Gasteiger charge is -2.19. The van der Waals surface area contributed by atoms with Crippen LogP contribution in [0, 0.1) is 0 Å². The second-order valence-electron chi connectivity index (χ2n) is 5.55. The highest BCUT2D eigenvalue weighted by Gasteiger charge is 2.20. The van der Waals surface area contributed by atoms with E-state index >= 15 is 0 Å². The van der Waals surface area contributed by atoms with Gasteiger partial charge < -0.3 is 9.88 Å². The number of nitrogens with zero attached hydrogens (tertiary/aromatic N) is 3. The summed E-state index contributed by atoms with van der Waals surface area (Å²) in [6, 6.07) is 10.2. The zero-order chi connectivity index (χ0) is 17.8. The Morgan fingerprint density at radius 1 is 1.20 bits per heavy atom. The van der Waals surface area contributed by atoms with Crippen molar-refractivity contribution >= 4 is 5.91 Å². The first-order chi connectivity index (χ1) is 12.0. The molecule has 25 heavy (non-hydrogen) atoms. The van der Waals surface area contributed by atoms with Gasteiger partial charge >= 0.3 is 5.69 Å². The fraction of sp³-hybridized carbons (Fsp3) is 0.176. The molecular formula is C17H17N5O3. The summed E-state index contributed by atoms with van der Waals surface area (Å²) in [5, 5.41) is 2.89. The fourth-order valence-corrected chi connectivity index (χ4v) is 2.53. The van der Waals surface area contributed by atoms with Crippen LogP contribution in [0.5, 0.6) is 0 Å².